The molecular formula is C34H32ClS3+. The van der Waals surface area contributed by atoms with Gasteiger partial charge in [0.2, 0.25) is 0 Å². The van der Waals surface area contributed by atoms with Crippen molar-refractivity contribution in [2.24, 2.45) is 0 Å². The molecule has 1 atom stereocenters. The van der Waals surface area contributed by atoms with E-state index in [0.717, 1.165) is 6.42 Å². The lowest BCUT2D eigenvalue weighted by Gasteiger charge is -2.10. The molecule has 5 rings (SSSR count). The maximum absolute atomic E-state index is 4.64. The molecule has 0 fully saturated rings. The van der Waals surface area contributed by atoms with E-state index in [2.05, 4.69) is 153 Å². The van der Waals surface area contributed by atoms with E-state index in [9.17, 15) is 0 Å². The SMILES string of the molecule is CCc1ccc(Sc2ccc([S+](c3ccccc3)c3ccc(Sc4ccc(C)cc4)cc3)cc2)cc1.CCl. The van der Waals surface area contributed by atoms with E-state index in [1.165, 1.54) is 51.8 Å². The van der Waals surface area contributed by atoms with Crippen molar-refractivity contribution in [2.75, 3.05) is 6.38 Å². The molecule has 0 saturated heterocycles. The maximum Gasteiger partial charge on any atom is 0.166 e. The van der Waals surface area contributed by atoms with Gasteiger partial charge in [0.05, 0.1) is 10.9 Å². The molecule has 5 aromatic carbocycles. The lowest BCUT2D eigenvalue weighted by Crippen LogP contribution is -2.04. The van der Waals surface area contributed by atoms with Gasteiger partial charge in [-0.05, 0) is 104 Å². The second-order valence-electron chi connectivity index (χ2n) is 8.58. The monoisotopic (exact) mass is 571 g/mol. The molecule has 0 nitrogen and oxygen atoms in total. The second kappa shape index (κ2) is 14.6. The molecule has 0 amide bonds. The summed E-state index contributed by atoms with van der Waals surface area (Å²) in [7, 11) is -0.150. The summed E-state index contributed by atoms with van der Waals surface area (Å²) in [5, 5.41) is 0. The van der Waals surface area contributed by atoms with E-state index in [4.69, 9.17) is 0 Å². The first kappa shape index (κ1) is 28.4. The molecule has 0 aliphatic rings. The van der Waals surface area contributed by atoms with Gasteiger partial charge in [-0.1, -0.05) is 78.5 Å². The molecule has 0 aliphatic heterocycles. The summed E-state index contributed by atoms with van der Waals surface area (Å²) in [5.74, 6) is 0. The van der Waals surface area contributed by atoms with Crippen molar-refractivity contribution in [3.05, 3.63) is 139 Å². The van der Waals surface area contributed by atoms with Crippen molar-refractivity contribution in [1.82, 2.24) is 0 Å². The van der Waals surface area contributed by atoms with Gasteiger partial charge < -0.3 is 0 Å². The van der Waals surface area contributed by atoms with Crippen LogP contribution in [0.4, 0.5) is 0 Å². The summed E-state index contributed by atoms with van der Waals surface area (Å²) >= 11 is 8.28. The van der Waals surface area contributed by atoms with E-state index in [-0.39, 0.29) is 10.9 Å². The molecule has 0 spiro atoms. The third-order valence-electron chi connectivity index (χ3n) is 5.92. The van der Waals surface area contributed by atoms with Crippen molar-refractivity contribution in [3.8, 4) is 0 Å². The smallest absolute Gasteiger partial charge is 0.130 e. The first-order valence-electron chi connectivity index (χ1n) is 12.6. The Hall–Kier alpha value is -2.56. The Bertz CT molecular complexity index is 1380. The zero-order valence-electron chi connectivity index (χ0n) is 21.9. The Morgan fingerprint density at radius 2 is 0.868 bits per heavy atom. The number of rotatable bonds is 8. The molecule has 38 heavy (non-hydrogen) atoms. The van der Waals surface area contributed by atoms with Gasteiger partial charge in [0, 0.05) is 26.0 Å². The molecular weight excluding hydrogens is 540 g/mol. The summed E-state index contributed by atoms with van der Waals surface area (Å²) in [6, 6.07) is 46.7. The van der Waals surface area contributed by atoms with E-state index < -0.39 is 0 Å². The fraction of sp³-hybridized carbons (Fsp3) is 0.118. The highest BCUT2D eigenvalue weighted by atomic mass is 35.5. The number of alkyl halides is 1. The van der Waals surface area contributed by atoms with E-state index in [1.807, 2.05) is 23.5 Å². The summed E-state index contributed by atoms with van der Waals surface area (Å²) in [6.45, 7) is 4.32. The predicted molar refractivity (Wildman–Crippen MR) is 169 cm³/mol. The molecule has 0 radical (unpaired) electrons. The largest absolute Gasteiger partial charge is 0.166 e. The normalized spacial score (nSPS) is 11.4. The van der Waals surface area contributed by atoms with Crippen LogP contribution in [0, 0.1) is 6.92 Å². The number of benzene rings is 5. The topological polar surface area (TPSA) is 0 Å². The van der Waals surface area contributed by atoms with E-state index in [1.54, 1.807) is 0 Å². The summed E-state index contributed by atoms with van der Waals surface area (Å²) in [6.07, 6.45) is 2.55. The molecule has 0 N–H and O–H groups in total. The van der Waals surface area contributed by atoms with Crippen molar-refractivity contribution in [2.45, 2.75) is 54.5 Å². The van der Waals surface area contributed by atoms with Crippen LogP contribution in [0.3, 0.4) is 0 Å². The average Bonchev–Trinajstić information content (AvgIpc) is 2.98. The number of hydrogen-bond acceptors (Lipinski definition) is 2. The molecule has 5 aromatic rings. The Morgan fingerprint density at radius 3 is 1.29 bits per heavy atom. The van der Waals surface area contributed by atoms with Crippen LogP contribution in [0.2, 0.25) is 0 Å². The Balaban J connectivity index is 0.00000164. The molecule has 0 saturated carbocycles. The number of halogens is 1. The minimum Gasteiger partial charge on any atom is -0.130 e. The summed E-state index contributed by atoms with van der Waals surface area (Å²) in [5.41, 5.74) is 2.67. The van der Waals surface area contributed by atoms with Crippen LogP contribution in [-0.2, 0) is 17.3 Å². The lowest BCUT2D eigenvalue weighted by atomic mass is 10.2. The third-order valence-corrected chi connectivity index (χ3v) is 10.2. The fourth-order valence-electron chi connectivity index (χ4n) is 3.92. The summed E-state index contributed by atoms with van der Waals surface area (Å²) in [4.78, 5) is 9.10. The van der Waals surface area contributed by atoms with Crippen LogP contribution in [0.5, 0.6) is 0 Å². The maximum atomic E-state index is 4.64. The van der Waals surface area contributed by atoms with Crippen LogP contribution >= 0.6 is 35.1 Å². The van der Waals surface area contributed by atoms with Crippen molar-refractivity contribution in [1.29, 1.82) is 0 Å². The van der Waals surface area contributed by atoms with Crippen molar-refractivity contribution < 1.29 is 0 Å². The van der Waals surface area contributed by atoms with E-state index in [0.29, 0.717) is 0 Å². The number of hydrogen-bond donors (Lipinski definition) is 0. The van der Waals surface area contributed by atoms with Crippen LogP contribution in [-0.4, -0.2) is 6.38 Å². The number of aryl methyl sites for hydroxylation is 2. The molecule has 0 bridgehead atoms. The minimum atomic E-state index is -0.150. The highest BCUT2D eigenvalue weighted by Gasteiger charge is 2.28. The zero-order chi connectivity index (χ0) is 26.7. The lowest BCUT2D eigenvalue weighted by molar-refractivity contribution is 1.13. The highest BCUT2D eigenvalue weighted by Crippen LogP contribution is 2.36. The van der Waals surface area contributed by atoms with Gasteiger partial charge in [0.1, 0.15) is 0 Å². The van der Waals surface area contributed by atoms with Crippen LogP contribution in [0.1, 0.15) is 18.1 Å². The van der Waals surface area contributed by atoms with Gasteiger partial charge in [-0.15, -0.1) is 11.6 Å². The highest BCUT2D eigenvalue weighted by molar-refractivity contribution is 7.99. The van der Waals surface area contributed by atoms with Gasteiger partial charge in [-0.3, -0.25) is 0 Å². The molecule has 0 heterocycles. The quantitative estimate of drug-likeness (QED) is 0.134. The molecule has 1 unspecified atom stereocenters. The predicted octanol–water partition coefficient (Wildman–Crippen LogP) is 10.8. The van der Waals surface area contributed by atoms with Crippen LogP contribution in [0.15, 0.2) is 162 Å². The van der Waals surface area contributed by atoms with Gasteiger partial charge >= 0.3 is 0 Å². The second-order valence-corrected chi connectivity index (χ2v) is 12.9. The van der Waals surface area contributed by atoms with Gasteiger partial charge in [0.25, 0.3) is 0 Å². The average molecular weight is 572 g/mol. The zero-order valence-corrected chi connectivity index (χ0v) is 25.1. The fourth-order valence-corrected chi connectivity index (χ4v) is 7.62. The Labute approximate surface area is 244 Å². The van der Waals surface area contributed by atoms with Gasteiger partial charge in [-0.2, -0.15) is 0 Å². The molecule has 192 valence electrons. The Kier molecular flexibility index (Phi) is 10.9. The van der Waals surface area contributed by atoms with Gasteiger partial charge in [0.15, 0.2) is 14.7 Å². The molecule has 4 heteroatoms. The molecule has 0 aromatic heterocycles. The first-order chi connectivity index (χ1) is 18.7. The van der Waals surface area contributed by atoms with Crippen molar-refractivity contribution in [3.63, 3.8) is 0 Å². The first-order valence-corrected chi connectivity index (χ1v) is 16.2. The summed E-state index contributed by atoms with van der Waals surface area (Å²) < 4.78 is 0. The van der Waals surface area contributed by atoms with Crippen LogP contribution in [0.25, 0.3) is 0 Å². The third kappa shape index (κ3) is 7.74. The minimum absolute atomic E-state index is 0.150. The molecule has 0 aliphatic carbocycles. The van der Waals surface area contributed by atoms with Crippen molar-refractivity contribution >= 4 is 46.0 Å². The standard InChI is InChI=1S/C33H29S3.CH3Cl/c1-3-26-11-15-28(16-12-26)35-30-19-23-33(24-20-30)36(31-7-5-4-6-8-31)32-21-17-29(18-22-32)34-27-13-9-25(2)10-14-27;1-2/h4-24H,3H2,1-2H3;1H3/q+1;. The van der Waals surface area contributed by atoms with Gasteiger partial charge in [-0.25, -0.2) is 0 Å². The van der Waals surface area contributed by atoms with Crippen LogP contribution < -0.4 is 0 Å². The Morgan fingerprint density at radius 1 is 0.500 bits per heavy atom. The van der Waals surface area contributed by atoms with E-state index >= 15 is 0 Å².